The second kappa shape index (κ2) is 4.78. The SMILES string of the molecule is CC(C)(C)c1ccc(-c2nc3c(N)cc(Cl)cc3[nH]2)cc1. The van der Waals surface area contributed by atoms with E-state index < -0.39 is 0 Å². The number of aromatic amines is 1. The van der Waals surface area contributed by atoms with E-state index in [4.69, 9.17) is 17.3 Å². The van der Waals surface area contributed by atoms with Gasteiger partial charge in [0.05, 0.1) is 11.2 Å². The molecule has 3 rings (SSSR count). The lowest BCUT2D eigenvalue weighted by molar-refractivity contribution is 0.590. The van der Waals surface area contributed by atoms with Crippen LogP contribution in [0.1, 0.15) is 26.3 Å². The summed E-state index contributed by atoms with van der Waals surface area (Å²) in [5, 5.41) is 0.610. The van der Waals surface area contributed by atoms with Gasteiger partial charge >= 0.3 is 0 Å². The van der Waals surface area contributed by atoms with Gasteiger partial charge in [-0.2, -0.15) is 0 Å². The largest absolute Gasteiger partial charge is 0.397 e. The Bertz CT molecular complexity index is 795. The molecule has 0 saturated heterocycles. The van der Waals surface area contributed by atoms with E-state index in [0.29, 0.717) is 10.7 Å². The number of nitrogen functional groups attached to an aromatic ring is 1. The van der Waals surface area contributed by atoms with Crippen LogP contribution in [0.5, 0.6) is 0 Å². The monoisotopic (exact) mass is 299 g/mol. The minimum absolute atomic E-state index is 0.143. The molecule has 3 nitrogen and oxygen atoms in total. The Morgan fingerprint density at radius 1 is 1.10 bits per heavy atom. The molecule has 21 heavy (non-hydrogen) atoms. The summed E-state index contributed by atoms with van der Waals surface area (Å²) in [6, 6.07) is 12.0. The summed E-state index contributed by atoms with van der Waals surface area (Å²) in [5.41, 5.74) is 10.6. The van der Waals surface area contributed by atoms with E-state index >= 15 is 0 Å². The molecule has 0 fully saturated rings. The van der Waals surface area contributed by atoms with Crippen LogP contribution in [0.4, 0.5) is 5.69 Å². The molecule has 0 atom stereocenters. The predicted molar refractivity (Wildman–Crippen MR) is 89.7 cm³/mol. The molecule has 0 radical (unpaired) electrons. The maximum atomic E-state index is 6.02. The molecule has 3 aromatic rings. The van der Waals surface area contributed by atoms with Crippen LogP contribution in [0, 0.1) is 0 Å². The van der Waals surface area contributed by atoms with Gasteiger partial charge in [0.1, 0.15) is 11.3 Å². The number of fused-ring (bicyclic) bond motifs is 1. The maximum Gasteiger partial charge on any atom is 0.138 e. The van der Waals surface area contributed by atoms with Gasteiger partial charge in [0, 0.05) is 10.6 Å². The van der Waals surface area contributed by atoms with Gasteiger partial charge < -0.3 is 10.7 Å². The Hall–Kier alpha value is -2.00. The van der Waals surface area contributed by atoms with Crippen molar-refractivity contribution in [1.29, 1.82) is 0 Å². The Kier molecular flexibility index (Phi) is 3.18. The van der Waals surface area contributed by atoms with Crippen molar-refractivity contribution in [3.05, 3.63) is 47.0 Å². The number of imidazole rings is 1. The van der Waals surface area contributed by atoms with Crippen LogP contribution in [0.25, 0.3) is 22.4 Å². The lowest BCUT2D eigenvalue weighted by atomic mass is 9.87. The van der Waals surface area contributed by atoms with Crippen molar-refractivity contribution < 1.29 is 0 Å². The highest BCUT2D eigenvalue weighted by atomic mass is 35.5. The maximum absolute atomic E-state index is 6.02. The molecule has 0 amide bonds. The summed E-state index contributed by atoms with van der Waals surface area (Å²) in [6.07, 6.45) is 0. The van der Waals surface area contributed by atoms with E-state index in [2.05, 4.69) is 55.0 Å². The zero-order valence-electron chi connectivity index (χ0n) is 12.4. The van der Waals surface area contributed by atoms with Crippen LogP contribution in [-0.4, -0.2) is 9.97 Å². The minimum atomic E-state index is 0.143. The molecule has 1 heterocycles. The highest BCUT2D eigenvalue weighted by Crippen LogP contribution is 2.29. The van der Waals surface area contributed by atoms with Gasteiger partial charge in [-0.15, -0.1) is 0 Å². The molecular formula is C17H18ClN3. The zero-order chi connectivity index (χ0) is 15.2. The van der Waals surface area contributed by atoms with Crippen molar-refractivity contribution in [3.63, 3.8) is 0 Å². The molecule has 0 aliphatic carbocycles. The number of nitrogens with two attached hydrogens (primary N) is 1. The topological polar surface area (TPSA) is 54.7 Å². The second-order valence-electron chi connectivity index (χ2n) is 6.30. The number of rotatable bonds is 1. The summed E-state index contributed by atoms with van der Waals surface area (Å²) in [4.78, 5) is 7.85. The third-order valence-electron chi connectivity index (χ3n) is 3.61. The van der Waals surface area contributed by atoms with E-state index in [9.17, 15) is 0 Å². The number of H-pyrrole nitrogens is 1. The van der Waals surface area contributed by atoms with Gasteiger partial charge in [-0.3, -0.25) is 0 Å². The second-order valence-corrected chi connectivity index (χ2v) is 6.74. The van der Waals surface area contributed by atoms with Crippen molar-refractivity contribution in [2.24, 2.45) is 0 Å². The van der Waals surface area contributed by atoms with Gasteiger partial charge in [0.25, 0.3) is 0 Å². The molecular weight excluding hydrogens is 282 g/mol. The van der Waals surface area contributed by atoms with Crippen LogP contribution in [0.2, 0.25) is 5.02 Å². The first-order valence-electron chi connectivity index (χ1n) is 6.90. The van der Waals surface area contributed by atoms with Crippen molar-refractivity contribution in [2.75, 3.05) is 5.73 Å². The number of halogens is 1. The van der Waals surface area contributed by atoms with Crippen LogP contribution in [-0.2, 0) is 5.41 Å². The van der Waals surface area contributed by atoms with E-state index in [-0.39, 0.29) is 5.41 Å². The smallest absolute Gasteiger partial charge is 0.138 e. The van der Waals surface area contributed by atoms with Crippen LogP contribution in [0.15, 0.2) is 36.4 Å². The van der Waals surface area contributed by atoms with Gasteiger partial charge in [-0.1, -0.05) is 56.6 Å². The average molecular weight is 300 g/mol. The molecule has 0 aliphatic rings. The number of hydrogen-bond donors (Lipinski definition) is 2. The molecule has 2 aromatic carbocycles. The summed E-state index contributed by atoms with van der Waals surface area (Å²) < 4.78 is 0. The molecule has 108 valence electrons. The predicted octanol–water partition coefficient (Wildman–Crippen LogP) is 4.76. The minimum Gasteiger partial charge on any atom is -0.397 e. The average Bonchev–Trinajstić information content (AvgIpc) is 2.82. The fraction of sp³-hybridized carbons (Fsp3) is 0.235. The van der Waals surface area contributed by atoms with Crippen LogP contribution < -0.4 is 5.73 Å². The molecule has 0 saturated carbocycles. The van der Waals surface area contributed by atoms with Crippen LogP contribution in [0.3, 0.4) is 0 Å². The number of benzene rings is 2. The standard InChI is InChI=1S/C17H18ClN3/c1-17(2,3)11-6-4-10(5-7-11)16-20-14-9-12(18)8-13(19)15(14)21-16/h4-9H,19H2,1-3H3,(H,20,21). The Labute approximate surface area is 129 Å². The van der Waals surface area contributed by atoms with Gasteiger partial charge in [-0.25, -0.2) is 4.98 Å². The number of nitrogens with one attached hydrogen (secondary N) is 1. The number of nitrogens with zero attached hydrogens (tertiary/aromatic N) is 1. The third-order valence-corrected chi connectivity index (χ3v) is 3.82. The number of hydrogen-bond acceptors (Lipinski definition) is 2. The summed E-state index contributed by atoms with van der Waals surface area (Å²) >= 11 is 6.02. The van der Waals surface area contributed by atoms with Crippen molar-refractivity contribution in [1.82, 2.24) is 9.97 Å². The summed E-state index contributed by atoms with van der Waals surface area (Å²) in [5.74, 6) is 0.805. The normalized spacial score (nSPS) is 12.0. The van der Waals surface area contributed by atoms with Gasteiger partial charge in [0.2, 0.25) is 0 Å². The van der Waals surface area contributed by atoms with Crippen molar-refractivity contribution in [3.8, 4) is 11.4 Å². The molecule has 4 heteroatoms. The summed E-state index contributed by atoms with van der Waals surface area (Å²) in [7, 11) is 0. The first-order chi connectivity index (χ1) is 9.84. The third kappa shape index (κ3) is 2.61. The quantitative estimate of drug-likeness (QED) is 0.636. The van der Waals surface area contributed by atoms with Crippen molar-refractivity contribution >= 4 is 28.3 Å². The van der Waals surface area contributed by atoms with E-state index in [1.807, 2.05) is 6.07 Å². The molecule has 3 N–H and O–H groups in total. The zero-order valence-corrected chi connectivity index (χ0v) is 13.1. The highest BCUT2D eigenvalue weighted by Gasteiger charge is 2.14. The van der Waals surface area contributed by atoms with E-state index in [1.54, 1.807) is 6.07 Å². The first kappa shape index (κ1) is 14.0. The Balaban J connectivity index is 2.06. The molecule has 0 spiro atoms. The molecule has 1 aromatic heterocycles. The highest BCUT2D eigenvalue weighted by molar-refractivity contribution is 6.31. The summed E-state index contributed by atoms with van der Waals surface area (Å²) in [6.45, 7) is 6.60. The Morgan fingerprint density at radius 2 is 1.76 bits per heavy atom. The first-order valence-corrected chi connectivity index (χ1v) is 7.28. The lowest BCUT2D eigenvalue weighted by Crippen LogP contribution is -2.10. The number of anilines is 1. The number of aromatic nitrogens is 2. The van der Waals surface area contributed by atoms with Gasteiger partial charge in [-0.05, 0) is 23.1 Å². The van der Waals surface area contributed by atoms with E-state index in [1.165, 1.54) is 5.56 Å². The van der Waals surface area contributed by atoms with Crippen LogP contribution >= 0.6 is 11.6 Å². The molecule has 0 unspecified atom stereocenters. The lowest BCUT2D eigenvalue weighted by Gasteiger charge is -2.18. The van der Waals surface area contributed by atoms with Crippen molar-refractivity contribution in [2.45, 2.75) is 26.2 Å². The Morgan fingerprint density at radius 3 is 2.38 bits per heavy atom. The fourth-order valence-corrected chi connectivity index (χ4v) is 2.60. The molecule has 0 bridgehead atoms. The fourth-order valence-electron chi connectivity index (χ4n) is 2.37. The van der Waals surface area contributed by atoms with Gasteiger partial charge in [0.15, 0.2) is 0 Å². The van der Waals surface area contributed by atoms with E-state index in [0.717, 1.165) is 22.4 Å². The molecule has 0 aliphatic heterocycles.